The van der Waals surface area contributed by atoms with E-state index in [4.69, 9.17) is 4.42 Å². The van der Waals surface area contributed by atoms with Gasteiger partial charge in [0.2, 0.25) is 0 Å². The molecule has 0 saturated carbocycles. The maximum atomic E-state index is 12.0. The van der Waals surface area contributed by atoms with Crippen molar-refractivity contribution in [1.82, 2.24) is 4.57 Å². The predicted octanol–water partition coefficient (Wildman–Crippen LogP) is 3.19. The summed E-state index contributed by atoms with van der Waals surface area (Å²) in [6, 6.07) is 7.55. The van der Waals surface area contributed by atoms with Crippen molar-refractivity contribution in [2.75, 3.05) is 0 Å². The standard InChI is InChI=1S/C15H14N2O2S/c1-9-7-10(2)13-12(8-9)20-15(17(13)3)16-14(18)11-5-4-6-19-11/h4-8H,1-3H3. The van der Waals surface area contributed by atoms with E-state index in [-0.39, 0.29) is 11.7 Å². The number of rotatable bonds is 1. The Bertz CT molecular complexity index is 854. The highest BCUT2D eigenvalue weighted by atomic mass is 32.1. The van der Waals surface area contributed by atoms with Crippen molar-refractivity contribution in [3.63, 3.8) is 0 Å². The number of thiazole rings is 1. The van der Waals surface area contributed by atoms with Crippen molar-refractivity contribution in [3.8, 4) is 0 Å². The van der Waals surface area contributed by atoms with Gasteiger partial charge in [-0.25, -0.2) is 0 Å². The predicted molar refractivity (Wildman–Crippen MR) is 78.9 cm³/mol. The highest BCUT2D eigenvalue weighted by Gasteiger charge is 2.10. The fraction of sp³-hybridized carbons (Fsp3) is 0.200. The zero-order valence-electron chi connectivity index (χ0n) is 11.5. The van der Waals surface area contributed by atoms with Gasteiger partial charge >= 0.3 is 5.91 Å². The van der Waals surface area contributed by atoms with Crippen molar-refractivity contribution in [1.29, 1.82) is 0 Å². The number of carbonyl (C=O) groups is 1. The lowest BCUT2D eigenvalue weighted by molar-refractivity contribution is 0.0971. The van der Waals surface area contributed by atoms with Crippen molar-refractivity contribution in [2.24, 2.45) is 12.0 Å². The van der Waals surface area contributed by atoms with E-state index in [2.05, 4.69) is 31.0 Å². The van der Waals surface area contributed by atoms with Crippen molar-refractivity contribution in [3.05, 3.63) is 52.2 Å². The molecule has 0 N–H and O–H groups in total. The second-order valence-corrected chi connectivity index (χ2v) is 5.78. The summed E-state index contributed by atoms with van der Waals surface area (Å²) in [5.74, 6) is -0.0955. The van der Waals surface area contributed by atoms with Gasteiger partial charge in [0.1, 0.15) is 0 Å². The van der Waals surface area contributed by atoms with E-state index in [9.17, 15) is 4.79 Å². The Morgan fingerprint density at radius 2 is 2.15 bits per heavy atom. The smallest absolute Gasteiger partial charge is 0.315 e. The number of aryl methyl sites for hydroxylation is 3. The summed E-state index contributed by atoms with van der Waals surface area (Å²) >= 11 is 1.51. The quantitative estimate of drug-likeness (QED) is 0.689. The number of nitrogens with zero attached hydrogens (tertiary/aromatic N) is 2. The fourth-order valence-corrected chi connectivity index (χ4v) is 3.52. The van der Waals surface area contributed by atoms with Crippen LogP contribution in [0.2, 0.25) is 0 Å². The summed E-state index contributed by atoms with van der Waals surface area (Å²) < 4.78 is 8.17. The second-order valence-electron chi connectivity index (χ2n) is 4.77. The Hall–Kier alpha value is -2.14. The van der Waals surface area contributed by atoms with Crippen LogP contribution >= 0.6 is 11.3 Å². The molecule has 0 unspecified atom stereocenters. The number of carbonyl (C=O) groups excluding carboxylic acids is 1. The molecule has 2 heterocycles. The Morgan fingerprint density at radius 3 is 2.85 bits per heavy atom. The van der Waals surface area contributed by atoms with E-state index in [1.807, 2.05) is 11.6 Å². The van der Waals surface area contributed by atoms with Gasteiger partial charge in [0.25, 0.3) is 0 Å². The molecule has 0 spiro atoms. The number of amides is 1. The lowest BCUT2D eigenvalue weighted by atomic mass is 10.1. The number of hydrogen-bond donors (Lipinski definition) is 0. The zero-order chi connectivity index (χ0) is 14.3. The van der Waals surface area contributed by atoms with Gasteiger partial charge in [-0.2, -0.15) is 4.99 Å². The van der Waals surface area contributed by atoms with Gasteiger partial charge in [0, 0.05) is 7.05 Å². The molecule has 4 nitrogen and oxygen atoms in total. The number of benzene rings is 1. The van der Waals surface area contributed by atoms with E-state index in [0.29, 0.717) is 4.80 Å². The van der Waals surface area contributed by atoms with E-state index < -0.39 is 0 Å². The van der Waals surface area contributed by atoms with Gasteiger partial charge in [-0.15, -0.1) is 0 Å². The zero-order valence-corrected chi connectivity index (χ0v) is 12.3. The van der Waals surface area contributed by atoms with Gasteiger partial charge in [0.15, 0.2) is 10.6 Å². The molecule has 3 rings (SSSR count). The summed E-state index contributed by atoms with van der Waals surface area (Å²) in [6.07, 6.45) is 1.47. The molecule has 0 saturated heterocycles. The summed E-state index contributed by atoms with van der Waals surface area (Å²) in [5, 5.41) is 0. The first-order valence-electron chi connectivity index (χ1n) is 6.25. The summed E-state index contributed by atoms with van der Waals surface area (Å²) in [6.45, 7) is 4.14. The van der Waals surface area contributed by atoms with Gasteiger partial charge < -0.3 is 8.98 Å². The number of aromatic nitrogens is 1. The molecule has 2 aromatic heterocycles. The minimum Gasteiger partial charge on any atom is -0.459 e. The first-order chi connectivity index (χ1) is 9.56. The molecule has 1 aromatic carbocycles. The molecule has 20 heavy (non-hydrogen) atoms. The fourth-order valence-electron chi connectivity index (χ4n) is 2.33. The summed E-state index contributed by atoms with van der Waals surface area (Å²) in [4.78, 5) is 16.8. The first kappa shape index (κ1) is 12.9. The van der Waals surface area contributed by atoms with Crippen molar-refractivity contribution >= 4 is 27.5 Å². The number of hydrogen-bond acceptors (Lipinski definition) is 3. The van der Waals surface area contributed by atoms with Crippen LogP contribution in [0.5, 0.6) is 0 Å². The normalized spacial score (nSPS) is 12.2. The molecular weight excluding hydrogens is 272 g/mol. The molecule has 0 bridgehead atoms. The monoisotopic (exact) mass is 286 g/mol. The molecule has 0 aliphatic carbocycles. The van der Waals surface area contributed by atoms with Crippen LogP contribution in [0.1, 0.15) is 21.7 Å². The molecule has 3 aromatic rings. The highest BCUT2D eigenvalue weighted by molar-refractivity contribution is 7.16. The Kier molecular flexibility index (Phi) is 3.06. The Labute approximate surface area is 120 Å². The van der Waals surface area contributed by atoms with Gasteiger partial charge in [-0.05, 0) is 43.2 Å². The third-order valence-electron chi connectivity index (χ3n) is 3.16. The largest absolute Gasteiger partial charge is 0.459 e. The molecule has 5 heteroatoms. The van der Waals surface area contributed by atoms with Gasteiger partial charge in [0.05, 0.1) is 16.5 Å². The van der Waals surface area contributed by atoms with Crippen LogP contribution in [0.4, 0.5) is 0 Å². The lowest BCUT2D eigenvalue weighted by Crippen LogP contribution is -2.13. The Morgan fingerprint density at radius 1 is 1.35 bits per heavy atom. The molecule has 0 radical (unpaired) electrons. The van der Waals surface area contributed by atoms with Gasteiger partial charge in [-0.1, -0.05) is 17.4 Å². The average Bonchev–Trinajstić information content (AvgIpc) is 2.98. The SMILES string of the molecule is Cc1cc(C)c2c(c1)sc(=NC(=O)c1ccco1)n2C. The molecule has 102 valence electrons. The summed E-state index contributed by atoms with van der Waals surface area (Å²) in [7, 11) is 1.93. The van der Waals surface area contributed by atoms with Crippen LogP contribution < -0.4 is 4.80 Å². The second kappa shape index (κ2) is 4.76. The van der Waals surface area contributed by atoms with Crippen LogP contribution in [-0.4, -0.2) is 10.5 Å². The molecule has 1 amide bonds. The van der Waals surface area contributed by atoms with E-state index >= 15 is 0 Å². The third kappa shape index (κ3) is 2.10. The minimum atomic E-state index is -0.355. The van der Waals surface area contributed by atoms with Crippen LogP contribution in [0.3, 0.4) is 0 Å². The maximum absolute atomic E-state index is 12.0. The molecule has 0 aliphatic heterocycles. The van der Waals surface area contributed by atoms with Crippen LogP contribution in [-0.2, 0) is 7.05 Å². The van der Waals surface area contributed by atoms with Crippen molar-refractivity contribution < 1.29 is 9.21 Å². The third-order valence-corrected chi connectivity index (χ3v) is 4.24. The van der Waals surface area contributed by atoms with Crippen molar-refractivity contribution in [2.45, 2.75) is 13.8 Å². The van der Waals surface area contributed by atoms with Crippen LogP contribution in [0.15, 0.2) is 39.9 Å². The minimum absolute atomic E-state index is 0.260. The lowest BCUT2D eigenvalue weighted by Gasteiger charge is -2.01. The summed E-state index contributed by atoms with van der Waals surface area (Å²) in [5.41, 5.74) is 3.51. The van der Waals surface area contributed by atoms with Crippen LogP contribution in [0.25, 0.3) is 10.2 Å². The maximum Gasteiger partial charge on any atom is 0.315 e. The number of fused-ring (bicyclic) bond motifs is 1. The van der Waals surface area contributed by atoms with E-state index in [0.717, 1.165) is 10.2 Å². The molecule has 0 fully saturated rings. The van der Waals surface area contributed by atoms with E-state index in [1.54, 1.807) is 12.1 Å². The highest BCUT2D eigenvalue weighted by Crippen LogP contribution is 2.22. The molecule has 0 aliphatic rings. The topological polar surface area (TPSA) is 47.5 Å². The number of furan rings is 1. The molecular formula is C15H14N2O2S. The van der Waals surface area contributed by atoms with Crippen LogP contribution in [0, 0.1) is 13.8 Å². The Balaban J connectivity index is 2.20. The average molecular weight is 286 g/mol. The first-order valence-corrected chi connectivity index (χ1v) is 7.07. The molecule has 0 atom stereocenters. The van der Waals surface area contributed by atoms with E-state index in [1.165, 1.54) is 28.7 Å². The van der Waals surface area contributed by atoms with Gasteiger partial charge in [-0.3, -0.25) is 4.79 Å².